The number of hydrogen-bond acceptors (Lipinski definition) is 5. The Hall–Kier alpha value is -3.88. The number of aromatic nitrogens is 2. The van der Waals surface area contributed by atoms with Gasteiger partial charge in [-0.2, -0.15) is 0 Å². The molecule has 3 aromatic rings. The highest BCUT2D eigenvalue weighted by Gasteiger charge is 2.37. The predicted octanol–water partition coefficient (Wildman–Crippen LogP) is 1.30. The van der Waals surface area contributed by atoms with Gasteiger partial charge in [-0.15, -0.1) is 0 Å². The second kappa shape index (κ2) is 7.51. The fourth-order valence-corrected chi connectivity index (χ4v) is 4.45. The zero-order valence-electron chi connectivity index (χ0n) is 16.2. The fourth-order valence-electron chi connectivity index (χ4n) is 4.45. The summed E-state index contributed by atoms with van der Waals surface area (Å²) in [5.74, 6) is -0.780. The lowest BCUT2D eigenvalue weighted by Crippen LogP contribution is -2.50. The lowest BCUT2D eigenvalue weighted by atomic mass is 9.83. The molecule has 0 radical (unpaired) electrons. The highest BCUT2D eigenvalue weighted by Crippen LogP contribution is 2.40. The summed E-state index contributed by atoms with van der Waals surface area (Å²) in [5.41, 5.74) is 18.1. The van der Waals surface area contributed by atoms with E-state index in [0.29, 0.717) is 41.7 Å². The van der Waals surface area contributed by atoms with Gasteiger partial charge in [0.05, 0.1) is 5.52 Å². The Kier molecular flexibility index (Phi) is 4.86. The largest absolute Gasteiger partial charge is 0.368 e. The number of carbonyl (C=O) groups is 3. The van der Waals surface area contributed by atoms with Crippen LogP contribution in [0.15, 0.2) is 48.7 Å². The molecule has 3 heterocycles. The number of nitrogens with two attached hydrogens (primary N) is 3. The molecule has 1 aliphatic rings. The Labute approximate surface area is 172 Å². The molecule has 0 aliphatic carbocycles. The number of primary amides is 3. The van der Waals surface area contributed by atoms with Crippen LogP contribution in [0.25, 0.3) is 10.9 Å². The summed E-state index contributed by atoms with van der Waals surface area (Å²) in [6.45, 7) is 0.504. The molecule has 6 N–H and O–H groups in total. The van der Waals surface area contributed by atoms with Gasteiger partial charge in [0, 0.05) is 18.1 Å². The number of benzene rings is 1. The van der Waals surface area contributed by atoms with Crippen molar-refractivity contribution in [2.75, 3.05) is 11.4 Å². The summed E-state index contributed by atoms with van der Waals surface area (Å²) in [4.78, 5) is 43.0. The normalized spacial score (nSPS) is 19.0. The molecular weight excluding hydrogens is 384 g/mol. The van der Waals surface area contributed by atoms with Crippen LogP contribution in [-0.2, 0) is 4.79 Å². The molecule has 1 fully saturated rings. The van der Waals surface area contributed by atoms with Crippen molar-refractivity contribution in [1.82, 2.24) is 9.55 Å². The summed E-state index contributed by atoms with van der Waals surface area (Å²) in [6, 6.07) is 11.2. The average molecular weight is 406 g/mol. The third-order valence-electron chi connectivity index (χ3n) is 5.65. The number of anilines is 1. The third kappa shape index (κ3) is 3.14. The van der Waals surface area contributed by atoms with Crippen LogP contribution < -0.4 is 22.1 Å². The molecule has 9 heteroatoms. The van der Waals surface area contributed by atoms with Crippen molar-refractivity contribution in [3.05, 3.63) is 59.9 Å². The predicted molar refractivity (Wildman–Crippen MR) is 112 cm³/mol. The molecule has 9 nitrogen and oxygen atoms in total. The standard InChI is InChI=1S/C21H22N6O3/c22-19(28)15-11-12(8-10-26(15)16-7-3-4-9-25-16)17-13-5-1-2-6-14(13)27(21(24)30)18(17)20(23)29/h1-7,9,12,15H,8,10-11H2,(H2,22,28)(H2,23,29)(H2,24,30). The second-order valence-electron chi connectivity index (χ2n) is 7.34. The molecule has 2 unspecified atom stereocenters. The second-order valence-corrected chi connectivity index (χ2v) is 7.34. The molecule has 154 valence electrons. The van der Waals surface area contributed by atoms with Crippen LogP contribution in [0, 0.1) is 0 Å². The van der Waals surface area contributed by atoms with Crippen molar-refractivity contribution in [2.24, 2.45) is 17.2 Å². The van der Waals surface area contributed by atoms with Crippen LogP contribution in [0.2, 0.25) is 0 Å². The fraction of sp³-hybridized carbons (Fsp3) is 0.238. The minimum atomic E-state index is -0.788. The molecular formula is C21H22N6O3. The molecule has 2 atom stereocenters. The maximum Gasteiger partial charge on any atom is 0.324 e. The lowest BCUT2D eigenvalue weighted by Gasteiger charge is -2.38. The topological polar surface area (TPSA) is 150 Å². The van der Waals surface area contributed by atoms with Crippen LogP contribution in [0.3, 0.4) is 0 Å². The number of nitrogens with zero attached hydrogens (tertiary/aromatic N) is 3. The van der Waals surface area contributed by atoms with Crippen LogP contribution >= 0.6 is 0 Å². The monoisotopic (exact) mass is 406 g/mol. The first kappa shape index (κ1) is 19.4. The van der Waals surface area contributed by atoms with Crippen LogP contribution in [0.1, 0.15) is 34.8 Å². The molecule has 1 saturated heterocycles. The van der Waals surface area contributed by atoms with Crippen LogP contribution in [0.5, 0.6) is 0 Å². The molecule has 0 spiro atoms. The quantitative estimate of drug-likeness (QED) is 0.597. The van der Waals surface area contributed by atoms with Gasteiger partial charge in [-0.05, 0) is 42.5 Å². The minimum absolute atomic E-state index is 0.0585. The molecule has 3 amide bonds. The Morgan fingerprint density at radius 2 is 1.73 bits per heavy atom. The van der Waals surface area contributed by atoms with E-state index in [1.54, 1.807) is 24.4 Å². The SMILES string of the molecule is NC(=O)c1c(C2CCN(c3ccccn3)C(C(N)=O)C2)c2ccccc2n1C(N)=O. The summed E-state index contributed by atoms with van der Waals surface area (Å²) in [7, 11) is 0. The molecule has 0 bridgehead atoms. The highest BCUT2D eigenvalue weighted by molar-refractivity contribution is 6.06. The number of para-hydroxylation sites is 1. The summed E-state index contributed by atoms with van der Waals surface area (Å²) in [5, 5.41) is 0.713. The van der Waals surface area contributed by atoms with E-state index in [1.165, 1.54) is 0 Å². The summed E-state index contributed by atoms with van der Waals surface area (Å²) in [6.07, 6.45) is 2.64. The van der Waals surface area contributed by atoms with E-state index < -0.39 is 23.9 Å². The Bertz CT molecular complexity index is 1140. The summed E-state index contributed by atoms with van der Waals surface area (Å²) < 4.78 is 1.15. The molecule has 1 aliphatic heterocycles. The third-order valence-corrected chi connectivity index (χ3v) is 5.65. The lowest BCUT2D eigenvalue weighted by molar-refractivity contribution is -0.119. The number of hydrogen-bond donors (Lipinski definition) is 3. The Morgan fingerprint density at radius 3 is 2.37 bits per heavy atom. The number of fused-ring (bicyclic) bond motifs is 1. The first-order valence-corrected chi connectivity index (χ1v) is 9.60. The zero-order chi connectivity index (χ0) is 21.4. The van der Waals surface area contributed by atoms with Crippen LogP contribution in [-0.4, -0.2) is 40.0 Å². The van der Waals surface area contributed by atoms with Crippen molar-refractivity contribution in [1.29, 1.82) is 0 Å². The van der Waals surface area contributed by atoms with Gasteiger partial charge in [-0.1, -0.05) is 24.3 Å². The molecule has 0 saturated carbocycles. The Morgan fingerprint density at radius 1 is 1.00 bits per heavy atom. The van der Waals surface area contributed by atoms with Gasteiger partial charge in [-0.3, -0.25) is 14.2 Å². The maximum absolute atomic E-state index is 12.3. The smallest absolute Gasteiger partial charge is 0.324 e. The van der Waals surface area contributed by atoms with E-state index in [1.807, 2.05) is 29.2 Å². The van der Waals surface area contributed by atoms with Gasteiger partial charge in [0.2, 0.25) is 5.91 Å². The Balaban J connectivity index is 1.82. The number of piperidine rings is 1. The van der Waals surface area contributed by atoms with Crippen molar-refractivity contribution < 1.29 is 14.4 Å². The van der Waals surface area contributed by atoms with Crippen molar-refractivity contribution in [3.8, 4) is 0 Å². The van der Waals surface area contributed by atoms with Gasteiger partial charge in [0.25, 0.3) is 5.91 Å². The van der Waals surface area contributed by atoms with E-state index in [-0.39, 0.29) is 11.6 Å². The number of carbonyl (C=O) groups excluding carboxylic acids is 3. The van der Waals surface area contributed by atoms with Gasteiger partial charge in [0.1, 0.15) is 17.6 Å². The average Bonchev–Trinajstić information content (AvgIpc) is 3.10. The highest BCUT2D eigenvalue weighted by atomic mass is 16.2. The van der Waals surface area contributed by atoms with Gasteiger partial charge in [-0.25, -0.2) is 9.78 Å². The molecule has 1 aromatic carbocycles. The van der Waals surface area contributed by atoms with Gasteiger partial charge < -0.3 is 22.1 Å². The zero-order valence-corrected chi connectivity index (χ0v) is 16.2. The summed E-state index contributed by atoms with van der Waals surface area (Å²) >= 11 is 0. The van der Waals surface area contributed by atoms with Gasteiger partial charge in [0.15, 0.2) is 0 Å². The van der Waals surface area contributed by atoms with E-state index in [2.05, 4.69) is 4.98 Å². The van der Waals surface area contributed by atoms with E-state index in [9.17, 15) is 14.4 Å². The van der Waals surface area contributed by atoms with E-state index >= 15 is 0 Å². The minimum Gasteiger partial charge on any atom is -0.368 e. The first-order chi connectivity index (χ1) is 14.4. The number of rotatable bonds is 4. The first-order valence-electron chi connectivity index (χ1n) is 9.60. The van der Waals surface area contributed by atoms with Crippen molar-refractivity contribution in [3.63, 3.8) is 0 Å². The van der Waals surface area contributed by atoms with E-state index in [0.717, 1.165) is 4.57 Å². The molecule has 4 rings (SSSR count). The van der Waals surface area contributed by atoms with Crippen molar-refractivity contribution >= 4 is 34.6 Å². The maximum atomic E-state index is 12.3. The van der Waals surface area contributed by atoms with Crippen LogP contribution in [0.4, 0.5) is 10.6 Å². The number of amides is 3. The van der Waals surface area contributed by atoms with Crippen molar-refractivity contribution in [2.45, 2.75) is 24.8 Å². The molecule has 30 heavy (non-hydrogen) atoms. The van der Waals surface area contributed by atoms with Gasteiger partial charge >= 0.3 is 6.03 Å². The molecule has 2 aromatic heterocycles. The number of pyridine rings is 1. The van der Waals surface area contributed by atoms with E-state index in [4.69, 9.17) is 17.2 Å².